The number of benzene rings is 2. The van der Waals surface area contributed by atoms with Gasteiger partial charge in [0.25, 0.3) is 0 Å². The van der Waals surface area contributed by atoms with Crippen LogP contribution in [0.15, 0.2) is 36.4 Å². The third-order valence-corrected chi connectivity index (χ3v) is 3.39. The summed E-state index contributed by atoms with van der Waals surface area (Å²) in [5, 5.41) is 3.64. The topological polar surface area (TPSA) is 12.0 Å². The molecule has 0 saturated heterocycles. The van der Waals surface area contributed by atoms with Crippen LogP contribution in [0.5, 0.6) is 0 Å². The molecule has 1 N–H and O–H groups in total. The van der Waals surface area contributed by atoms with E-state index >= 15 is 0 Å². The summed E-state index contributed by atoms with van der Waals surface area (Å²) in [5.74, 6) is -0.279. The smallest absolute Gasteiger partial charge is 0.129 e. The molecule has 0 radical (unpaired) electrons. The normalized spacial score (nSPS) is 9.89. The zero-order valence-electron chi connectivity index (χ0n) is 10.8. The molecule has 0 atom stereocenters. The number of halogens is 3. The first-order chi connectivity index (χ1) is 8.58. The minimum atomic E-state index is -0.279. The molecule has 0 heterocycles. The summed E-state index contributed by atoms with van der Waals surface area (Å²) in [6.07, 6.45) is 0. The minimum absolute atomic E-state index is 0. The molecule has 0 fully saturated rings. The van der Waals surface area contributed by atoms with Crippen LogP contribution in [0.4, 0.5) is 10.1 Å². The molecule has 2 rings (SSSR count). The largest absolute Gasteiger partial charge is 0.381 e. The second kappa shape index (κ2) is 6.78. The van der Waals surface area contributed by atoms with E-state index < -0.39 is 0 Å². The number of aryl methyl sites for hydroxylation is 2. The lowest BCUT2D eigenvalue weighted by atomic mass is 10.1. The van der Waals surface area contributed by atoms with E-state index in [9.17, 15) is 4.39 Å². The molecular weight excluding hydrogens is 284 g/mol. The maximum absolute atomic E-state index is 13.6. The van der Waals surface area contributed by atoms with Crippen LogP contribution in [0, 0.1) is 19.7 Å². The molecule has 19 heavy (non-hydrogen) atoms. The maximum Gasteiger partial charge on any atom is 0.129 e. The van der Waals surface area contributed by atoms with Crippen molar-refractivity contribution >= 4 is 29.7 Å². The van der Waals surface area contributed by atoms with Crippen molar-refractivity contribution in [2.24, 2.45) is 0 Å². The van der Waals surface area contributed by atoms with Gasteiger partial charge in [0.15, 0.2) is 0 Å². The Hall–Kier alpha value is -1.25. The Morgan fingerprint density at radius 3 is 2.47 bits per heavy atom. The zero-order chi connectivity index (χ0) is 13.1. The van der Waals surface area contributed by atoms with Crippen LogP contribution >= 0.6 is 24.0 Å². The van der Waals surface area contributed by atoms with Gasteiger partial charge < -0.3 is 5.32 Å². The highest BCUT2D eigenvalue weighted by Crippen LogP contribution is 2.21. The van der Waals surface area contributed by atoms with Crippen molar-refractivity contribution in [2.75, 3.05) is 5.32 Å². The first-order valence-corrected chi connectivity index (χ1v) is 6.20. The fourth-order valence-electron chi connectivity index (χ4n) is 1.74. The van der Waals surface area contributed by atoms with E-state index in [-0.39, 0.29) is 18.2 Å². The lowest BCUT2D eigenvalue weighted by Gasteiger charge is -2.10. The molecule has 4 heteroatoms. The molecule has 2 aromatic carbocycles. The highest BCUT2D eigenvalue weighted by molar-refractivity contribution is 6.31. The van der Waals surface area contributed by atoms with Crippen LogP contribution in [-0.4, -0.2) is 0 Å². The van der Waals surface area contributed by atoms with Crippen molar-refractivity contribution in [1.82, 2.24) is 0 Å². The average molecular weight is 300 g/mol. The van der Waals surface area contributed by atoms with Gasteiger partial charge in [-0.25, -0.2) is 4.39 Å². The summed E-state index contributed by atoms with van der Waals surface area (Å²) < 4.78 is 13.6. The molecule has 102 valence electrons. The van der Waals surface area contributed by atoms with Crippen LogP contribution < -0.4 is 5.32 Å². The van der Waals surface area contributed by atoms with E-state index in [2.05, 4.69) is 19.2 Å². The van der Waals surface area contributed by atoms with Gasteiger partial charge in [0.1, 0.15) is 5.82 Å². The fraction of sp³-hybridized carbons (Fsp3) is 0.200. The highest BCUT2D eigenvalue weighted by atomic mass is 35.5. The van der Waals surface area contributed by atoms with Gasteiger partial charge in [-0.05, 0) is 49.2 Å². The zero-order valence-corrected chi connectivity index (χ0v) is 12.4. The van der Waals surface area contributed by atoms with Crippen molar-refractivity contribution in [2.45, 2.75) is 20.4 Å². The van der Waals surface area contributed by atoms with E-state index in [4.69, 9.17) is 11.6 Å². The second-order valence-electron chi connectivity index (χ2n) is 4.35. The van der Waals surface area contributed by atoms with E-state index in [0.29, 0.717) is 17.1 Å². The highest BCUT2D eigenvalue weighted by Gasteiger charge is 2.06. The van der Waals surface area contributed by atoms with Gasteiger partial charge in [0.05, 0.1) is 0 Å². The Kier molecular flexibility index (Phi) is 5.64. The number of hydrogen-bond donors (Lipinski definition) is 1. The van der Waals surface area contributed by atoms with Gasteiger partial charge in [-0.15, -0.1) is 12.4 Å². The van der Waals surface area contributed by atoms with Gasteiger partial charge in [-0.1, -0.05) is 23.7 Å². The summed E-state index contributed by atoms with van der Waals surface area (Å²) in [5.41, 5.74) is 3.92. The molecular formula is C15H16Cl2FN. The number of hydrogen-bond acceptors (Lipinski definition) is 1. The Balaban J connectivity index is 0.00000180. The molecule has 0 amide bonds. The molecule has 1 nitrogen and oxygen atoms in total. The number of anilines is 1. The summed E-state index contributed by atoms with van der Waals surface area (Å²) in [7, 11) is 0. The lowest BCUT2D eigenvalue weighted by Crippen LogP contribution is -2.03. The summed E-state index contributed by atoms with van der Waals surface area (Å²) >= 11 is 5.97. The van der Waals surface area contributed by atoms with Crippen molar-refractivity contribution in [3.05, 3.63) is 63.9 Å². The van der Waals surface area contributed by atoms with E-state index in [1.807, 2.05) is 18.2 Å². The Bertz CT molecular complexity index is 550. The van der Waals surface area contributed by atoms with Crippen molar-refractivity contribution in [1.29, 1.82) is 0 Å². The Labute approximate surface area is 124 Å². The minimum Gasteiger partial charge on any atom is -0.381 e. The second-order valence-corrected chi connectivity index (χ2v) is 4.76. The molecule has 0 spiro atoms. The summed E-state index contributed by atoms with van der Waals surface area (Å²) in [6, 6.07) is 10.8. The maximum atomic E-state index is 13.6. The van der Waals surface area contributed by atoms with Crippen molar-refractivity contribution < 1.29 is 4.39 Å². The lowest BCUT2D eigenvalue weighted by molar-refractivity contribution is 0.613. The third-order valence-electron chi connectivity index (χ3n) is 3.04. The monoisotopic (exact) mass is 299 g/mol. The van der Waals surface area contributed by atoms with E-state index in [1.165, 1.54) is 17.2 Å². The van der Waals surface area contributed by atoms with Gasteiger partial charge in [0, 0.05) is 22.8 Å². The summed E-state index contributed by atoms with van der Waals surface area (Å²) in [4.78, 5) is 0. The van der Waals surface area contributed by atoms with Crippen LogP contribution in [0.3, 0.4) is 0 Å². The standard InChI is InChI=1S/C15H15ClFN.ClH/c1-10-6-7-12(8-11(10)2)18-9-13-14(16)4-3-5-15(13)17;/h3-8,18H,9H2,1-2H3;1H. The SMILES string of the molecule is Cc1ccc(NCc2c(F)cccc2Cl)cc1C.Cl. The first-order valence-electron chi connectivity index (χ1n) is 5.82. The van der Waals surface area contributed by atoms with Crippen LogP contribution in [-0.2, 0) is 6.54 Å². The Morgan fingerprint density at radius 1 is 1.11 bits per heavy atom. The molecule has 0 unspecified atom stereocenters. The van der Waals surface area contributed by atoms with Gasteiger partial charge >= 0.3 is 0 Å². The predicted molar refractivity (Wildman–Crippen MR) is 81.9 cm³/mol. The molecule has 2 aromatic rings. The van der Waals surface area contributed by atoms with Crippen LogP contribution in [0.2, 0.25) is 5.02 Å². The molecule has 0 aliphatic heterocycles. The van der Waals surface area contributed by atoms with Gasteiger partial charge in [-0.3, -0.25) is 0 Å². The Morgan fingerprint density at radius 2 is 1.84 bits per heavy atom. The van der Waals surface area contributed by atoms with Gasteiger partial charge in [0.2, 0.25) is 0 Å². The van der Waals surface area contributed by atoms with Crippen LogP contribution in [0.1, 0.15) is 16.7 Å². The molecule has 0 aromatic heterocycles. The van der Waals surface area contributed by atoms with Crippen LogP contribution in [0.25, 0.3) is 0 Å². The van der Waals surface area contributed by atoms with E-state index in [0.717, 1.165) is 5.69 Å². The number of nitrogens with one attached hydrogen (secondary N) is 1. The van der Waals surface area contributed by atoms with Gasteiger partial charge in [-0.2, -0.15) is 0 Å². The number of rotatable bonds is 3. The fourth-order valence-corrected chi connectivity index (χ4v) is 1.97. The summed E-state index contributed by atoms with van der Waals surface area (Å²) in [6.45, 7) is 4.50. The van der Waals surface area contributed by atoms with E-state index in [1.54, 1.807) is 12.1 Å². The molecule has 0 saturated carbocycles. The third kappa shape index (κ3) is 3.85. The first kappa shape index (κ1) is 15.8. The quantitative estimate of drug-likeness (QED) is 0.828. The molecule has 0 bridgehead atoms. The predicted octanol–water partition coefficient (Wildman–Crippen LogP) is 5.13. The molecule has 0 aliphatic rings. The average Bonchev–Trinajstić information content (AvgIpc) is 2.33. The molecule has 0 aliphatic carbocycles. The van der Waals surface area contributed by atoms with Crippen molar-refractivity contribution in [3.63, 3.8) is 0 Å². The van der Waals surface area contributed by atoms with Crippen molar-refractivity contribution in [3.8, 4) is 0 Å².